The number of allylic oxidation sites excluding steroid dienone is 1. The van der Waals surface area contributed by atoms with Gasteiger partial charge < -0.3 is 5.32 Å². The van der Waals surface area contributed by atoms with Crippen molar-refractivity contribution in [3.63, 3.8) is 0 Å². The van der Waals surface area contributed by atoms with E-state index in [9.17, 15) is 0 Å². The second-order valence-corrected chi connectivity index (χ2v) is 5.31. The van der Waals surface area contributed by atoms with Crippen molar-refractivity contribution in [3.8, 4) is 0 Å². The first kappa shape index (κ1) is 11.1. The Labute approximate surface area is 86.4 Å². The minimum Gasteiger partial charge on any atom is -0.313 e. The van der Waals surface area contributed by atoms with Gasteiger partial charge in [0.15, 0.2) is 0 Å². The van der Waals surface area contributed by atoms with Gasteiger partial charge in [-0.2, -0.15) is 11.8 Å². The van der Waals surface area contributed by atoms with Crippen LogP contribution in [0.1, 0.15) is 32.6 Å². The third-order valence-electron chi connectivity index (χ3n) is 2.82. The Morgan fingerprint density at radius 1 is 1.62 bits per heavy atom. The van der Waals surface area contributed by atoms with Crippen LogP contribution in [0, 0.1) is 0 Å². The predicted octanol–water partition coefficient (Wildman–Crippen LogP) is 2.83. The first-order chi connectivity index (χ1) is 6.22. The molecule has 0 aliphatic heterocycles. The molecule has 0 aromatic carbocycles. The van der Waals surface area contributed by atoms with E-state index in [0.29, 0.717) is 10.8 Å². The van der Waals surface area contributed by atoms with Crippen LogP contribution < -0.4 is 5.32 Å². The molecule has 2 heteroatoms. The molecule has 0 aromatic heterocycles. The molecular formula is C11H21NS. The number of hydrogen-bond donors (Lipinski definition) is 1. The van der Waals surface area contributed by atoms with Crippen molar-refractivity contribution in [3.05, 3.63) is 12.7 Å². The van der Waals surface area contributed by atoms with E-state index in [2.05, 4.69) is 25.1 Å². The third kappa shape index (κ3) is 3.74. The Morgan fingerprint density at radius 2 is 2.31 bits per heavy atom. The van der Waals surface area contributed by atoms with E-state index in [1.807, 2.05) is 17.8 Å². The van der Waals surface area contributed by atoms with E-state index in [4.69, 9.17) is 0 Å². The summed E-state index contributed by atoms with van der Waals surface area (Å²) in [5.41, 5.74) is 0. The zero-order chi connectivity index (χ0) is 9.73. The van der Waals surface area contributed by atoms with E-state index >= 15 is 0 Å². The van der Waals surface area contributed by atoms with Gasteiger partial charge >= 0.3 is 0 Å². The lowest BCUT2D eigenvalue weighted by Gasteiger charge is -2.17. The van der Waals surface area contributed by atoms with Crippen LogP contribution in [0.2, 0.25) is 0 Å². The molecule has 1 aliphatic carbocycles. The monoisotopic (exact) mass is 199 g/mol. The average Bonchev–Trinajstić information content (AvgIpc) is 2.92. The molecule has 13 heavy (non-hydrogen) atoms. The Kier molecular flexibility index (Phi) is 4.33. The van der Waals surface area contributed by atoms with Crippen LogP contribution in [-0.2, 0) is 0 Å². The summed E-state index contributed by atoms with van der Waals surface area (Å²) in [5, 5.41) is 3.60. The molecule has 1 fully saturated rings. The lowest BCUT2D eigenvalue weighted by molar-refractivity contribution is 0.513. The maximum atomic E-state index is 3.74. The van der Waals surface area contributed by atoms with Gasteiger partial charge in [0.1, 0.15) is 0 Å². The lowest BCUT2D eigenvalue weighted by Crippen LogP contribution is -2.33. The van der Waals surface area contributed by atoms with Gasteiger partial charge in [-0.3, -0.25) is 0 Å². The highest BCUT2D eigenvalue weighted by molar-refractivity contribution is 8.00. The van der Waals surface area contributed by atoms with Gasteiger partial charge in [0.05, 0.1) is 0 Å². The highest BCUT2D eigenvalue weighted by Crippen LogP contribution is 2.46. The summed E-state index contributed by atoms with van der Waals surface area (Å²) in [6.45, 7) is 7.19. The van der Waals surface area contributed by atoms with Crippen molar-refractivity contribution in [2.45, 2.75) is 43.4 Å². The molecule has 1 atom stereocenters. The fourth-order valence-electron chi connectivity index (χ4n) is 1.42. The summed E-state index contributed by atoms with van der Waals surface area (Å²) in [4.78, 5) is 0. The molecule has 1 rings (SSSR count). The highest BCUT2D eigenvalue weighted by atomic mass is 32.2. The van der Waals surface area contributed by atoms with Crippen LogP contribution in [0.4, 0.5) is 0 Å². The van der Waals surface area contributed by atoms with Gasteiger partial charge in [-0.25, -0.2) is 0 Å². The number of thioether (sulfide) groups is 1. The Balaban J connectivity index is 2.07. The SMILES string of the molecule is C=CCCC(C)NCC1(SC)CC1. The van der Waals surface area contributed by atoms with Gasteiger partial charge in [0.25, 0.3) is 0 Å². The fraction of sp³-hybridized carbons (Fsp3) is 0.818. The summed E-state index contributed by atoms with van der Waals surface area (Å²) < 4.78 is 0.600. The first-order valence-electron chi connectivity index (χ1n) is 5.12. The molecular weight excluding hydrogens is 178 g/mol. The summed E-state index contributed by atoms with van der Waals surface area (Å²) >= 11 is 2.02. The van der Waals surface area contributed by atoms with Crippen molar-refractivity contribution in [1.82, 2.24) is 5.32 Å². The standard InChI is InChI=1S/C11H21NS/c1-4-5-6-10(2)12-9-11(13-3)7-8-11/h4,10,12H,1,5-9H2,2-3H3. The third-order valence-corrected chi connectivity index (χ3v) is 4.24. The second kappa shape index (κ2) is 5.06. The van der Waals surface area contributed by atoms with E-state index < -0.39 is 0 Å². The van der Waals surface area contributed by atoms with Gasteiger partial charge in [0, 0.05) is 17.3 Å². The molecule has 1 aliphatic rings. The van der Waals surface area contributed by atoms with Crippen LogP contribution in [0.3, 0.4) is 0 Å². The summed E-state index contributed by atoms with van der Waals surface area (Å²) in [5.74, 6) is 0. The highest BCUT2D eigenvalue weighted by Gasteiger charge is 2.41. The average molecular weight is 199 g/mol. The Bertz CT molecular complexity index is 163. The van der Waals surface area contributed by atoms with Crippen LogP contribution in [0.5, 0.6) is 0 Å². The summed E-state index contributed by atoms with van der Waals surface area (Å²) in [7, 11) is 0. The van der Waals surface area contributed by atoms with E-state index in [0.717, 1.165) is 6.42 Å². The van der Waals surface area contributed by atoms with E-state index in [1.54, 1.807) is 0 Å². The number of hydrogen-bond acceptors (Lipinski definition) is 2. The molecule has 1 N–H and O–H groups in total. The van der Waals surface area contributed by atoms with Crippen LogP contribution in [-0.4, -0.2) is 23.6 Å². The Morgan fingerprint density at radius 3 is 2.77 bits per heavy atom. The van der Waals surface area contributed by atoms with Gasteiger partial charge in [0.2, 0.25) is 0 Å². The maximum absolute atomic E-state index is 3.74. The summed E-state index contributed by atoms with van der Waals surface area (Å²) in [6.07, 6.45) is 9.36. The lowest BCUT2D eigenvalue weighted by atomic mass is 10.2. The maximum Gasteiger partial charge on any atom is 0.0282 e. The van der Waals surface area contributed by atoms with Gasteiger partial charge in [-0.05, 0) is 38.9 Å². The smallest absolute Gasteiger partial charge is 0.0282 e. The molecule has 0 radical (unpaired) electrons. The van der Waals surface area contributed by atoms with Crippen LogP contribution >= 0.6 is 11.8 Å². The molecule has 76 valence electrons. The second-order valence-electron chi connectivity index (χ2n) is 4.04. The van der Waals surface area contributed by atoms with Gasteiger partial charge in [-0.1, -0.05) is 6.08 Å². The minimum atomic E-state index is 0.600. The zero-order valence-corrected chi connectivity index (χ0v) is 9.62. The topological polar surface area (TPSA) is 12.0 Å². The van der Waals surface area contributed by atoms with Crippen molar-refractivity contribution in [2.24, 2.45) is 0 Å². The summed E-state index contributed by atoms with van der Waals surface area (Å²) in [6, 6.07) is 0.641. The molecule has 1 saturated carbocycles. The van der Waals surface area contributed by atoms with Crippen molar-refractivity contribution in [1.29, 1.82) is 0 Å². The molecule has 1 nitrogen and oxygen atoms in total. The quantitative estimate of drug-likeness (QED) is 0.633. The number of rotatable bonds is 7. The molecule has 0 bridgehead atoms. The Hall–Kier alpha value is 0.0500. The molecule has 1 unspecified atom stereocenters. The van der Waals surface area contributed by atoms with Crippen molar-refractivity contribution in [2.75, 3.05) is 12.8 Å². The minimum absolute atomic E-state index is 0.600. The van der Waals surface area contributed by atoms with E-state index in [-0.39, 0.29) is 0 Å². The first-order valence-corrected chi connectivity index (χ1v) is 6.34. The van der Waals surface area contributed by atoms with Crippen molar-refractivity contribution >= 4 is 11.8 Å². The largest absolute Gasteiger partial charge is 0.313 e. The normalized spacial score (nSPS) is 21.1. The zero-order valence-electron chi connectivity index (χ0n) is 8.81. The van der Waals surface area contributed by atoms with E-state index in [1.165, 1.54) is 25.8 Å². The molecule has 0 aromatic rings. The molecule has 0 spiro atoms. The number of nitrogens with one attached hydrogen (secondary N) is 1. The predicted molar refractivity (Wildman–Crippen MR) is 62.4 cm³/mol. The molecule has 0 saturated heterocycles. The van der Waals surface area contributed by atoms with Gasteiger partial charge in [-0.15, -0.1) is 6.58 Å². The van der Waals surface area contributed by atoms with Crippen LogP contribution in [0.25, 0.3) is 0 Å². The molecule has 0 amide bonds. The van der Waals surface area contributed by atoms with Crippen LogP contribution in [0.15, 0.2) is 12.7 Å². The molecule has 0 heterocycles. The van der Waals surface area contributed by atoms with Crippen molar-refractivity contribution < 1.29 is 0 Å². The fourth-order valence-corrected chi connectivity index (χ4v) is 2.16.